The van der Waals surface area contributed by atoms with E-state index in [2.05, 4.69) is 12.2 Å². The van der Waals surface area contributed by atoms with Gasteiger partial charge in [0, 0.05) is 19.6 Å². The van der Waals surface area contributed by atoms with Crippen LogP contribution < -0.4 is 5.32 Å². The quantitative estimate of drug-likeness (QED) is 0.693. The monoisotopic (exact) mass is 200 g/mol. The summed E-state index contributed by atoms with van der Waals surface area (Å²) in [5.41, 5.74) is 0. The van der Waals surface area contributed by atoms with Gasteiger partial charge in [0.1, 0.15) is 0 Å². The molecule has 0 aromatic rings. The number of rotatable bonds is 2. The topological polar surface area (TPSA) is 52.6 Å². The summed E-state index contributed by atoms with van der Waals surface area (Å²) in [5, 5.41) is 11.7. The highest BCUT2D eigenvalue weighted by atomic mass is 16.3. The molecule has 1 aliphatic rings. The van der Waals surface area contributed by atoms with Gasteiger partial charge < -0.3 is 15.3 Å². The molecule has 82 valence electrons. The molecule has 1 rings (SSSR count). The maximum absolute atomic E-state index is 11.6. The number of likely N-dealkylation sites (tertiary alicyclic amines) is 1. The minimum absolute atomic E-state index is 0.0440. The van der Waals surface area contributed by atoms with Crippen LogP contribution in [0.3, 0.4) is 0 Å². The molecule has 0 aliphatic carbocycles. The Bertz CT molecular complexity index is 195. The van der Waals surface area contributed by atoms with Crippen LogP contribution in [0.15, 0.2) is 0 Å². The van der Waals surface area contributed by atoms with E-state index in [-0.39, 0.29) is 6.03 Å². The number of amides is 2. The normalized spacial score (nSPS) is 24.5. The summed E-state index contributed by atoms with van der Waals surface area (Å²) in [6, 6.07) is -0.0440. The number of hydrogen-bond donors (Lipinski definition) is 2. The van der Waals surface area contributed by atoms with Crippen molar-refractivity contribution in [2.45, 2.75) is 32.8 Å². The average Bonchev–Trinajstić information content (AvgIpc) is 2.14. The minimum Gasteiger partial charge on any atom is -0.392 e. The molecular formula is C10H20N2O2. The Morgan fingerprint density at radius 2 is 2.43 bits per heavy atom. The lowest BCUT2D eigenvalue weighted by Gasteiger charge is -2.31. The summed E-state index contributed by atoms with van der Waals surface area (Å²) in [5.74, 6) is 0.598. The van der Waals surface area contributed by atoms with Gasteiger partial charge in [0.15, 0.2) is 0 Å². The van der Waals surface area contributed by atoms with E-state index in [0.29, 0.717) is 12.5 Å². The number of nitrogens with zero attached hydrogens (tertiary/aromatic N) is 1. The van der Waals surface area contributed by atoms with Gasteiger partial charge in [-0.3, -0.25) is 0 Å². The van der Waals surface area contributed by atoms with Gasteiger partial charge in [-0.15, -0.1) is 0 Å². The fourth-order valence-corrected chi connectivity index (χ4v) is 1.72. The second kappa shape index (κ2) is 5.20. The smallest absolute Gasteiger partial charge is 0.317 e. The van der Waals surface area contributed by atoms with Crippen molar-refractivity contribution in [2.24, 2.45) is 5.92 Å². The summed E-state index contributed by atoms with van der Waals surface area (Å²) in [6.07, 6.45) is 1.82. The van der Waals surface area contributed by atoms with Gasteiger partial charge in [-0.25, -0.2) is 4.79 Å². The van der Waals surface area contributed by atoms with Crippen molar-refractivity contribution in [3.8, 4) is 0 Å². The maximum atomic E-state index is 11.6. The second-order valence-electron chi connectivity index (χ2n) is 4.23. The lowest BCUT2D eigenvalue weighted by Crippen LogP contribution is -2.46. The summed E-state index contributed by atoms with van der Waals surface area (Å²) < 4.78 is 0. The van der Waals surface area contributed by atoms with E-state index < -0.39 is 6.10 Å². The van der Waals surface area contributed by atoms with E-state index in [4.69, 9.17) is 5.11 Å². The first-order valence-corrected chi connectivity index (χ1v) is 5.30. The van der Waals surface area contributed by atoms with Crippen molar-refractivity contribution in [2.75, 3.05) is 19.6 Å². The number of nitrogens with one attached hydrogen (secondary N) is 1. The third-order valence-corrected chi connectivity index (χ3v) is 2.49. The lowest BCUT2D eigenvalue weighted by atomic mass is 10.0. The highest BCUT2D eigenvalue weighted by molar-refractivity contribution is 5.74. The van der Waals surface area contributed by atoms with Gasteiger partial charge in [-0.05, 0) is 25.7 Å². The highest BCUT2D eigenvalue weighted by Crippen LogP contribution is 2.14. The Hall–Kier alpha value is -0.770. The molecule has 1 saturated heterocycles. The Labute approximate surface area is 85.3 Å². The third-order valence-electron chi connectivity index (χ3n) is 2.49. The molecule has 0 bridgehead atoms. The molecule has 1 fully saturated rings. The number of hydrogen-bond acceptors (Lipinski definition) is 2. The van der Waals surface area contributed by atoms with E-state index in [0.717, 1.165) is 19.5 Å². The van der Waals surface area contributed by atoms with Crippen LogP contribution in [-0.4, -0.2) is 41.8 Å². The van der Waals surface area contributed by atoms with Crippen LogP contribution in [0.5, 0.6) is 0 Å². The van der Waals surface area contributed by atoms with Crippen molar-refractivity contribution in [1.29, 1.82) is 0 Å². The minimum atomic E-state index is -0.471. The first kappa shape index (κ1) is 11.3. The molecule has 1 unspecified atom stereocenters. The zero-order valence-corrected chi connectivity index (χ0v) is 8.99. The van der Waals surface area contributed by atoms with Crippen molar-refractivity contribution in [3.63, 3.8) is 0 Å². The number of aliphatic hydroxyl groups is 1. The molecule has 2 amide bonds. The van der Waals surface area contributed by atoms with Gasteiger partial charge in [-0.1, -0.05) is 6.92 Å². The average molecular weight is 200 g/mol. The van der Waals surface area contributed by atoms with E-state index in [1.54, 1.807) is 6.92 Å². The molecule has 0 saturated carbocycles. The molecular weight excluding hydrogens is 180 g/mol. The Morgan fingerprint density at radius 1 is 1.71 bits per heavy atom. The van der Waals surface area contributed by atoms with Crippen LogP contribution in [-0.2, 0) is 0 Å². The molecule has 4 nitrogen and oxygen atoms in total. The SMILES string of the molecule is CC1CCCN(C(=O)NC[C@@H](C)O)C1. The second-order valence-corrected chi connectivity index (χ2v) is 4.23. The Balaban J connectivity index is 2.29. The van der Waals surface area contributed by atoms with Crippen LogP contribution in [0.1, 0.15) is 26.7 Å². The molecule has 2 N–H and O–H groups in total. The fourth-order valence-electron chi connectivity index (χ4n) is 1.72. The van der Waals surface area contributed by atoms with E-state index >= 15 is 0 Å². The standard InChI is InChI=1S/C10H20N2O2/c1-8-4-3-5-12(7-8)10(14)11-6-9(2)13/h8-9,13H,3-7H2,1-2H3,(H,11,14)/t8?,9-/m1/s1. The zero-order chi connectivity index (χ0) is 10.6. The van der Waals surface area contributed by atoms with E-state index in [9.17, 15) is 4.79 Å². The highest BCUT2D eigenvalue weighted by Gasteiger charge is 2.20. The molecule has 0 spiro atoms. The summed E-state index contributed by atoms with van der Waals surface area (Å²) in [4.78, 5) is 13.4. The lowest BCUT2D eigenvalue weighted by molar-refractivity contribution is 0.155. The summed E-state index contributed by atoms with van der Waals surface area (Å²) in [6.45, 7) is 5.85. The number of piperidine rings is 1. The maximum Gasteiger partial charge on any atom is 0.317 e. The van der Waals surface area contributed by atoms with Crippen LogP contribution >= 0.6 is 0 Å². The Morgan fingerprint density at radius 3 is 3.00 bits per heavy atom. The third kappa shape index (κ3) is 3.54. The number of carbonyl (C=O) groups excluding carboxylic acids is 1. The van der Waals surface area contributed by atoms with Crippen molar-refractivity contribution in [1.82, 2.24) is 10.2 Å². The largest absolute Gasteiger partial charge is 0.392 e. The summed E-state index contributed by atoms with van der Waals surface area (Å²) >= 11 is 0. The van der Waals surface area contributed by atoms with Crippen LogP contribution in [0.4, 0.5) is 4.79 Å². The van der Waals surface area contributed by atoms with Crippen LogP contribution in [0.2, 0.25) is 0 Å². The molecule has 0 aromatic carbocycles. The summed E-state index contributed by atoms with van der Waals surface area (Å²) in [7, 11) is 0. The predicted octanol–water partition coefficient (Wildman–Crippen LogP) is 0.809. The zero-order valence-electron chi connectivity index (χ0n) is 8.99. The van der Waals surface area contributed by atoms with Gasteiger partial charge >= 0.3 is 6.03 Å². The molecule has 0 aromatic heterocycles. The molecule has 4 heteroatoms. The molecule has 0 radical (unpaired) electrons. The van der Waals surface area contributed by atoms with Gasteiger partial charge in [0.05, 0.1) is 6.10 Å². The first-order chi connectivity index (χ1) is 6.59. The van der Waals surface area contributed by atoms with Gasteiger partial charge in [-0.2, -0.15) is 0 Å². The van der Waals surface area contributed by atoms with Crippen molar-refractivity contribution >= 4 is 6.03 Å². The molecule has 14 heavy (non-hydrogen) atoms. The molecule has 2 atom stereocenters. The predicted molar refractivity (Wildman–Crippen MR) is 55.1 cm³/mol. The number of aliphatic hydroxyl groups excluding tert-OH is 1. The number of urea groups is 1. The first-order valence-electron chi connectivity index (χ1n) is 5.30. The Kier molecular flexibility index (Phi) is 4.20. The van der Waals surface area contributed by atoms with Gasteiger partial charge in [0.2, 0.25) is 0 Å². The fraction of sp³-hybridized carbons (Fsp3) is 0.900. The van der Waals surface area contributed by atoms with Crippen molar-refractivity contribution < 1.29 is 9.90 Å². The van der Waals surface area contributed by atoms with E-state index in [1.807, 2.05) is 4.90 Å². The number of carbonyl (C=O) groups is 1. The van der Waals surface area contributed by atoms with Crippen LogP contribution in [0.25, 0.3) is 0 Å². The van der Waals surface area contributed by atoms with Crippen molar-refractivity contribution in [3.05, 3.63) is 0 Å². The van der Waals surface area contributed by atoms with E-state index in [1.165, 1.54) is 6.42 Å². The van der Waals surface area contributed by atoms with Gasteiger partial charge in [0.25, 0.3) is 0 Å². The molecule has 1 aliphatic heterocycles. The van der Waals surface area contributed by atoms with Crippen LogP contribution in [0, 0.1) is 5.92 Å². The molecule has 1 heterocycles.